The zero-order valence-electron chi connectivity index (χ0n) is 18.0. The van der Waals surface area contributed by atoms with Crippen LogP contribution in [-0.2, 0) is 18.3 Å². The van der Waals surface area contributed by atoms with Crippen molar-refractivity contribution < 1.29 is 4.74 Å². The van der Waals surface area contributed by atoms with Crippen LogP contribution in [0.1, 0.15) is 26.6 Å². The van der Waals surface area contributed by atoms with Crippen molar-refractivity contribution in [2.75, 3.05) is 39.3 Å². The molecule has 8 heteroatoms. The Balaban J connectivity index is 0.00000300. The van der Waals surface area contributed by atoms with Crippen LogP contribution in [0.15, 0.2) is 29.3 Å². The Morgan fingerprint density at radius 2 is 2.10 bits per heavy atom. The highest BCUT2D eigenvalue weighted by atomic mass is 127. The van der Waals surface area contributed by atoms with Crippen LogP contribution in [0.2, 0.25) is 0 Å². The van der Waals surface area contributed by atoms with Gasteiger partial charge in [-0.3, -0.25) is 4.90 Å². The van der Waals surface area contributed by atoms with Gasteiger partial charge in [0.1, 0.15) is 12.4 Å². The lowest BCUT2D eigenvalue weighted by atomic mass is 10.2. The molecule has 3 rings (SSSR count). The fourth-order valence-corrected chi connectivity index (χ4v) is 3.63. The number of aliphatic imine (C=N–C) groups is 1. The molecule has 1 unspecified atom stereocenters. The predicted octanol–water partition coefficient (Wildman–Crippen LogP) is 2.60. The predicted molar refractivity (Wildman–Crippen MR) is 130 cm³/mol. The van der Waals surface area contributed by atoms with E-state index in [1.54, 1.807) is 0 Å². The van der Waals surface area contributed by atoms with E-state index in [1.165, 1.54) is 0 Å². The van der Waals surface area contributed by atoms with Crippen molar-refractivity contribution in [3.63, 3.8) is 0 Å². The Hall–Kier alpha value is -1.39. The van der Waals surface area contributed by atoms with E-state index in [2.05, 4.69) is 46.9 Å². The van der Waals surface area contributed by atoms with E-state index < -0.39 is 0 Å². The third-order valence-corrected chi connectivity index (χ3v) is 4.95. The van der Waals surface area contributed by atoms with Gasteiger partial charge in [0.25, 0.3) is 0 Å². The van der Waals surface area contributed by atoms with Gasteiger partial charge in [-0.2, -0.15) is 0 Å². The number of fused-ring (bicyclic) bond motifs is 1. The number of nitrogens with one attached hydrogen (secondary N) is 2. The summed E-state index contributed by atoms with van der Waals surface area (Å²) in [7, 11) is 2.04. The van der Waals surface area contributed by atoms with Gasteiger partial charge < -0.3 is 19.9 Å². The summed E-state index contributed by atoms with van der Waals surface area (Å²) in [5, 5.41) is 6.76. The van der Waals surface area contributed by atoms with Crippen molar-refractivity contribution in [2.24, 2.45) is 18.0 Å². The Labute approximate surface area is 191 Å². The van der Waals surface area contributed by atoms with Gasteiger partial charge in [-0.15, -0.1) is 24.0 Å². The second-order valence-electron chi connectivity index (χ2n) is 7.80. The number of rotatable bonds is 7. The lowest BCUT2D eigenvalue weighted by molar-refractivity contribution is -0.0284. The number of aromatic nitrogens is 2. The van der Waals surface area contributed by atoms with E-state index in [4.69, 9.17) is 14.7 Å². The molecule has 1 saturated heterocycles. The Morgan fingerprint density at radius 3 is 2.83 bits per heavy atom. The normalized spacial score (nSPS) is 18.1. The molecule has 0 saturated carbocycles. The quantitative estimate of drug-likeness (QED) is 0.338. The fraction of sp³-hybridized carbons (Fsp3) is 0.619. The first-order valence-corrected chi connectivity index (χ1v) is 10.3. The summed E-state index contributed by atoms with van der Waals surface area (Å²) < 4.78 is 8.04. The highest BCUT2D eigenvalue weighted by Crippen LogP contribution is 2.14. The highest BCUT2D eigenvalue weighted by molar-refractivity contribution is 14.0. The molecule has 0 amide bonds. The molecular formula is C21H35IN6O. The number of hydrogen-bond donors (Lipinski definition) is 2. The van der Waals surface area contributed by atoms with Crippen LogP contribution in [0.3, 0.4) is 0 Å². The lowest BCUT2D eigenvalue weighted by Gasteiger charge is -2.34. The Morgan fingerprint density at radius 1 is 1.31 bits per heavy atom. The second kappa shape index (κ2) is 11.7. The van der Waals surface area contributed by atoms with Crippen LogP contribution in [0.4, 0.5) is 0 Å². The highest BCUT2D eigenvalue weighted by Gasteiger charge is 2.21. The van der Waals surface area contributed by atoms with Gasteiger partial charge in [-0.1, -0.05) is 26.0 Å². The number of morpholine rings is 1. The van der Waals surface area contributed by atoms with E-state index in [0.717, 1.165) is 62.1 Å². The number of aryl methyl sites for hydroxylation is 1. The summed E-state index contributed by atoms with van der Waals surface area (Å²) in [6.45, 7) is 12.6. The number of para-hydroxylation sites is 2. The third kappa shape index (κ3) is 6.82. The van der Waals surface area contributed by atoms with Gasteiger partial charge in [0.05, 0.1) is 23.7 Å². The molecule has 1 fully saturated rings. The summed E-state index contributed by atoms with van der Waals surface area (Å²) in [5.41, 5.74) is 2.14. The number of benzene rings is 1. The fourth-order valence-electron chi connectivity index (χ4n) is 3.63. The van der Waals surface area contributed by atoms with Crippen molar-refractivity contribution >= 4 is 41.0 Å². The van der Waals surface area contributed by atoms with Gasteiger partial charge in [-0.25, -0.2) is 9.98 Å². The third-order valence-electron chi connectivity index (χ3n) is 4.95. The molecule has 1 aromatic carbocycles. The molecule has 162 valence electrons. The van der Waals surface area contributed by atoms with E-state index in [-0.39, 0.29) is 30.1 Å². The SMILES string of the molecule is CCNC(=NCc1nc2ccccc2n1C)NCC1CN(CC(C)C)CCO1.I. The smallest absolute Gasteiger partial charge is 0.191 e. The number of halogens is 1. The molecule has 1 aromatic heterocycles. The molecule has 0 bridgehead atoms. The van der Waals surface area contributed by atoms with Crippen LogP contribution >= 0.6 is 24.0 Å². The average molecular weight is 514 g/mol. The molecule has 2 heterocycles. The molecule has 0 spiro atoms. The molecule has 2 N–H and O–H groups in total. The first-order valence-electron chi connectivity index (χ1n) is 10.3. The van der Waals surface area contributed by atoms with Crippen molar-refractivity contribution in [2.45, 2.75) is 33.4 Å². The van der Waals surface area contributed by atoms with E-state index in [0.29, 0.717) is 12.5 Å². The monoisotopic (exact) mass is 514 g/mol. The molecule has 0 radical (unpaired) electrons. The van der Waals surface area contributed by atoms with E-state index >= 15 is 0 Å². The Bertz CT molecular complexity index is 791. The minimum atomic E-state index is 0. The van der Waals surface area contributed by atoms with Crippen molar-refractivity contribution in [1.29, 1.82) is 0 Å². The minimum absolute atomic E-state index is 0. The number of hydrogen-bond acceptors (Lipinski definition) is 4. The standard InChI is InChI=1S/C21H34N6O.HI/c1-5-22-21(23-12-17-15-27(10-11-28-17)14-16(2)3)24-13-20-25-18-8-6-7-9-19(18)26(20)4;/h6-9,16-17H,5,10-15H2,1-4H3,(H2,22,23,24);1H. The number of ether oxygens (including phenoxy) is 1. The molecule has 1 aliphatic heterocycles. The summed E-state index contributed by atoms with van der Waals surface area (Å²) in [5.74, 6) is 2.44. The summed E-state index contributed by atoms with van der Waals surface area (Å²) in [4.78, 5) is 11.9. The summed E-state index contributed by atoms with van der Waals surface area (Å²) in [6, 6.07) is 8.17. The van der Waals surface area contributed by atoms with Crippen molar-refractivity contribution in [3.05, 3.63) is 30.1 Å². The first-order chi connectivity index (χ1) is 13.6. The van der Waals surface area contributed by atoms with E-state index in [9.17, 15) is 0 Å². The van der Waals surface area contributed by atoms with Gasteiger partial charge in [0.15, 0.2) is 5.96 Å². The molecule has 2 aromatic rings. The van der Waals surface area contributed by atoms with E-state index in [1.807, 2.05) is 25.2 Å². The largest absolute Gasteiger partial charge is 0.374 e. The zero-order valence-corrected chi connectivity index (χ0v) is 20.3. The van der Waals surface area contributed by atoms with Crippen LogP contribution < -0.4 is 10.6 Å². The number of imidazole rings is 1. The molecule has 1 aliphatic rings. The van der Waals surface area contributed by atoms with Crippen molar-refractivity contribution in [3.8, 4) is 0 Å². The maximum absolute atomic E-state index is 5.94. The van der Waals surface area contributed by atoms with Gasteiger partial charge in [0, 0.05) is 39.8 Å². The summed E-state index contributed by atoms with van der Waals surface area (Å²) >= 11 is 0. The maximum atomic E-state index is 5.94. The first kappa shape index (κ1) is 23.9. The molecule has 7 nitrogen and oxygen atoms in total. The number of nitrogens with zero attached hydrogens (tertiary/aromatic N) is 4. The van der Waals surface area contributed by atoms with Gasteiger partial charge >= 0.3 is 0 Å². The van der Waals surface area contributed by atoms with Crippen LogP contribution in [0, 0.1) is 5.92 Å². The van der Waals surface area contributed by atoms with Crippen LogP contribution in [0.25, 0.3) is 11.0 Å². The van der Waals surface area contributed by atoms with Crippen LogP contribution in [-0.4, -0.2) is 65.8 Å². The molecular weight excluding hydrogens is 479 g/mol. The second-order valence-corrected chi connectivity index (χ2v) is 7.80. The molecule has 0 aliphatic carbocycles. The maximum Gasteiger partial charge on any atom is 0.191 e. The topological polar surface area (TPSA) is 66.7 Å². The average Bonchev–Trinajstić information content (AvgIpc) is 3.00. The van der Waals surface area contributed by atoms with Crippen molar-refractivity contribution in [1.82, 2.24) is 25.1 Å². The minimum Gasteiger partial charge on any atom is -0.374 e. The molecule has 1 atom stereocenters. The Kier molecular flexibility index (Phi) is 9.64. The molecule has 29 heavy (non-hydrogen) atoms. The zero-order chi connectivity index (χ0) is 19.9. The van der Waals surface area contributed by atoms with Crippen LogP contribution in [0.5, 0.6) is 0 Å². The van der Waals surface area contributed by atoms with Gasteiger partial charge in [-0.05, 0) is 25.0 Å². The lowest BCUT2D eigenvalue weighted by Crippen LogP contribution is -2.50. The van der Waals surface area contributed by atoms with Gasteiger partial charge in [0.2, 0.25) is 0 Å². The summed E-state index contributed by atoms with van der Waals surface area (Å²) in [6.07, 6.45) is 0.187. The number of guanidine groups is 1.